The van der Waals surface area contributed by atoms with Crippen molar-refractivity contribution in [2.45, 2.75) is 0 Å². The molecule has 0 fully saturated rings. The maximum absolute atomic E-state index is 6.03. The maximum Gasteiger partial charge on any atom is 0.0406 e. The molecule has 0 spiro atoms. The molecular formula is C22H13Cl. The molecule has 1 heteroatoms. The van der Waals surface area contributed by atoms with Crippen molar-refractivity contribution in [3.05, 3.63) is 83.9 Å². The van der Waals surface area contributed by atoms with Gasteiger partial charge in [0.2, 0.25) is 0 Å². The van der Waals surface area contributed by atoms with Crippen molar-refractivity contribution in [3.8, 4) is 33.4 Å². The van der Waals surface area contributed by atoms with E-state index in [1.165, 1.54) is 44.2 Å². The molecule has 0 saturated heterocycles. The molecule has 0 atom stereocenters. The first-order valence-corrected chi connectivity index (χ1v) is 8.11. The smallest absolute Gasteiger partial charge is 0.0406 e. The summed E-state index contributed by atoms with van der Waals surface area (Å²) in [6.45, 7) is 0. The molecule has 1 aliphatic rings. The minimum absolute atomic E-state index is 0.770. The van der Waals surface area contributed by atoms with Crippen molar-refractivity contribution in [1.82, 2.24) is 0 Å². The summed E-state index contributed by atoms with van der Waals surface area (Å²) in [5.74, 6) is 0. The second kappa shape index (κ2) is 4.71. The highest BCUT2D eigenvalue weighted by molar-refractivity contribution is 6.30. The molecule has 4 aromatic rings. The Morgan fingerprint density at radius 2 is 1.22 bits per heavy atom. The second-order valence-electron chi connectivity index (χ2n) is 5.98. The lowest BCUT2D eigenvalue weighted by Crippen LogP contribution is -1.82. The molecule has 0 unspecified atom stereocenters. The molecular weight excluding hydrogens is 300 g/mol. The molecule has 5 rings (SSSR count). The summed E-state index contributed by atoms with van der Waals surface area (Å²) in [5, 5.41) is 3.43. The van der Waals surface area contributed by atoms with Gasteiger partial charge in [-0.1, -0.05) is 66.2 Å². The molecule has 0 amide bonds. The van der Waals surface area contributed by atoms with Crippen LogP contribution in [0.4, 0.5) is 0 Å². The monoisotopic (exact) mass is 312 g/mol. The van der Waals surface area contributed by atoms with Gasteiger partial charge in [-0.3, -0.25) is 0 Å². The standard InChI is InChI=1S/C22H13Cl/c23-17-10-8-14(9-11-17)16-12-15-4-3-7-20-18-5-1-2-6-19(18)21(13-16)22(15)20/h1-13H. The predicted octanol–water partition coefficient (Wildman–Crippen LogP) is 6.81. The lowest BCUT2D eigenvalue weighted by molar-refractivity contribution is 1.64. The van der Waals surface area contributed by atoms with Gasteiger partial charge in [0.15, 0.2) is 0 Å². The van der Waals surface area contributed by atoms with Crippen LogP contribution in [0.1, 0.15) is 0 Å². The van der Waals surface area contributed by atoms with E-state index in [0.717, 1.165) is 5.02 Å². The largest absolute Gasteiger partial charge is 0.0843 e. The molecule has 0 N–H and O–H groups in total. The number of hydrogen-bond donors (Lipinski definition) is 0. The van der Waals surface area contributed by atoms with E-state index in [4.69, 9.17) is 11.6 Å². The van der Waals surface area contributed by atoms with E-state index in [0.29, 0.717) is 0 Å². The average molecular weight is 313 g/mol. The Balaban J connectivity index is 1.85. The van der Waals surface area contributed by atoms with Crippen molar-refractivity contribution in [1.29, 1.82) is 0 Å². The van der Waals surface area contributed by atoms with Crippen molar-refractivity contribution in [2.24, 2.45) is 0 Å². The van der Waals surface area contributed by atoms with Gasteiger partial charge in [0, 0.05) is 5.02 Å². The summed E-state index contributed by atoms with van der Waals surface area (Å²) in [7, 11) is 0. The van der Waals surface area contributed by atoms with Gasteiger partial charge in [-0.15, -0.1) is 0 Å². The fourth-order valence-corrected chi connectivity index (χ4v) is 3.75. The van der Waals surface area contributed by atoms with Crippen molar-refractivity contribution >= 4 is 22.4 Å². The lowest BCUT2D eigenvalue weighted by Gasteiger charge is -2.08. The van der Waals surface area contributed by atoms with Gasteiger partial charge in [-0.2, -0.15) is 0 Å². The molecule has 108 valence electrons. The summed E-state index contributed by atoms with van der Waals surface area (Å²) < 4.78 is 0. The van der Waals surface area contributed by atoms with Crippen LogP contribution in [0.5, 0.6) is 0 Å². The van der Waals surface area contributed by atoms with E-state index in [1.807, 2.05) is 12.1 Å². The summed E-state index contributed by atoms with van der Waals surface area (Å²) >= 11 is 6.03. The van der Waals surface area contributed by atoms with Gasteiger partial charge in [-0.05, 0) is 68.4 Å². The van der Waals surface area contributed by atoms with Crippen molar-refractivity contribution < 1.29 is 0 Å². The van der Waals surface area contributed by atoms with Gasteiger partial charge >= 0.3 is 0 Å². The van der Waals surface area contributed by atoms with Crippen LogP contribution in [-0.2, 0) is 0 Å². The fraction of sp³-hybridized carbons (Fsp3) is 0. The number of rotatable bonds is 1. The molecule has 0 aromatic heterocycles. The van der Waals surface area contributed by atoms with E-state index in [2.05, 4.69) is 66.7 Å². The summed E-state index contributed by atoms with van der Waals surface area (Å²) in [4.78, 5) is 0. The maximum atomic E-state index is 6.03. The van der Waals surface area contributed by atoms with Crippen LogP contribution in [0.25, 0.3) is 44.2 Å². The molecule has 0 aliphatic heterocycles. The third kappa shape index (κ3) is 1.85. The molecule has 0 nitrogen and oxygen atoms in total. The zero-order valence-corrected chi connectivity index (χ0v) is 13.1. The molecule has 0 saturated carbocycles. The highest BCUT2D eigenvalue weighted by atomic mass is 35.5. The van der Waals surface area contributed by atoms with Crippen LogP contribution >= 0.6 is 11.6 Å². The first kappa shape index (κ1) is 12.9. The average Bonchev–Trinajstić information content (AvgIpc) is 2.92. The van der Waals surface area contributed by atoms with Crippen LogP contribution in [0.15, 0.2) is 78.9 Å². The Kier molecular flexibility index (Phi) is 2.65. The zero-order chi connectivity index (χ0) is 15.4. The quantitative estimate of drug-likeness (QED) is 0.319. The molecule has 23 heavy (non-hydrogen) atoms. The number of benzene rings is 4. The highest BCUT2D eigenvalue weighted by Crippen LogP contribution is 2.48. The van der Waals surface area contributed by atoms with Crippen LogP contribution in [-0.4, -0.2) is 0 Å². The van der Waals surface area contributed by atoms with Gasteiger partial charge in [0.1, 0.15) is 0 Å². The van der Waals surface area contributed by atoms with Crippen molar-refractivity contribution in [3.63, 3.8) is 0 Å². The Hall–Kier alpha value is -2.57. The Bertz CT molecular complexity index is 1060. The molecule has 1 aliphatic carbocycles. The van der Waals surface area contributed by atoms with E-state index in [9.17, 15) is 0 Å². The number of halogens is 1. The van der Waals surface area contributed by atoms with E-state index in [-0.39, 0.29) is 0 Å². The van der Waals surface area contributed by atoms with Crippen LogP contribution < -0.4 is 0 Å². The number of fused-ring (bicyclic) bond motifs is 3. The minimum atomic E-state index is 0.770. The molecule has 0 radical (unpaired) electrons. The predicted molar refractivity (Wildman–Crippen MR) is 98.8 cm³/mol. The highest BCUT2D eigenvalue weighted by Gasteiger charge is 2.21. The third-order valence-corrected chi connectivity index (χ3v) is 4.91. The Morgan fingerprint density at radius 1 is 0.522 bits per heavy atom. The summed E-state index contributed by atoms with van der Waals surface area (Å²) in [6, 6.07) is 27.9. The van der Waals surface area contributed by atoms with Crippen LogP contribution in [0, 0.1) is 0 Å². The van der Waals surface area contributed by atoms with E-state index >= 15 is 0 Å². The summed E-state index contributed by atoms with van der Waals surface area (Å²) in [5.41, 5.74) is 7.77. The van der Waals surface area contributed by atoms with Gasteiger partial charge in [0.25, 0.3) is 0 Å². The Labute approximate surface area is 140 Å². The third-order valence-electron chi connectivity index (χ3n) is 4.66. The fourth-order valence-electron chi connectivity index (χ4n) is 3.63. The van der Waals surface area contributed by atoms with Crippen LogP contribution in [0.3, 0.4) is 0 Å². The van der Waals surface area contributed by atoms with Gasteiger partial charge in [-0.25, -0.2) is 0 Å². The first-order chi connectivity index (χ1) is 11.3. The molecule has 0 heterocycles. The summed E-state index contributed by atoms with van der Waals surface area (Å²) in [6.07, 6.45) is 0. The Morgan fingerprint density at radius 3 is 2.00 bits per heavy atom. The van der Waals surface area contributed by atoms with E-state index < -0.39 is 0 Å². The number of hydrogen-bond acceptors (Lipinski definition) is 0. The van der Waals surface area contributed by atoms with Crippen LogP contribution in [0.2, 0.25) is 5.02 Å². The second-order valence-corrected chi connectivity index (χ2v) is 6.42. The SMILES string of the molecule is Clc1ccc(-c2cc3c4c(cccc4c2)-c2ccccc2-3)cc1. The first-order valence-electron chi connectivity index (χ1n) is 7.74. The van der Waals surface area contributed by atoms with Gasteiger partial charge < -0.3 is 0 Å². The molecule has 4 aromatic carbocycles. The minimum Gasteiger partial charge on any atom is -0.0843 e. The lowest BCUT2D eigenvalue weighted by atomic mass is 9.96. The zero-order valence-electron chi connectivity index (χ0n) is 12.4. The van der Waals surface area contributed by atoms with Crippen molar-refractivity contribution in [2.75, 3.05) is 0 Å². The van der Waals surface area contributed by atoms with Gasteiger partial charge in [0.05, 0.1) is 0 Å². The van der Waals surface area contributed by atoms with E-state index in [1.54, 1.807) is 0 Å². The molecule has 0 bridgehead atoms. The normalized spacial score (nSPS) is 11.7. The topological polar surface area (TPSA) is 0 Å².